The van der Waals surface area contributed by atoms with Crippen molar-refractivity contribution in [2.75, 3.05) is 11.9 Å². The molecule has 114 valence electrons. The van der Waals surface area contributed by atoms with E-state index in [4.69, 9.17) is 11.6 Å². The number of rotatable bonds is 4. The topological polar surface area (TPSA) is 41.1 Å². The highest BCUT2D eigenvalue weighted by atomic mass is 35.5. The molecule has 2 amide bonds. The third kappa shape index (κ3) is 3.09. The van der Waals surface area contributed by atoms with Crippen LogP contribution in [-0.4, -0.2) is 12.6 Å². The molecule has 2 aromatic carbocycles. The van der Waals surface area contributed by atoms with Crippen molar-refractivity contribution in [1.82, 2.24) is 5.32 Å². The summed E-state index contributed by atoms with van der Waals surface area (Å²) in [6, 6.07) is 15.7. The summed E-state index contributed by atoms with van der Waals surface area (Å²) in [4.78, 5) is 12.1. The number of hydrogen-bond donors (Lipinski definition) is 2. The van der Waals surface area contributed by atoms with Gasteiger partial charge in [0.1, 0.15) is 0 Å². The second kappa shape index (κ2) is 6.01. The molecule has 0 atom stereocenters. The van der Waals surface area contributed by atoms with Gasteiger partial charge in [-0.1, -0.05) is 48.0 Å². The SMILES string of the molecule is Cc1c(Cl)cccc1NC(=O)NCC1(c2ccccc2)CC1. The molecule has 0 aliphatic heterocycles. The fraction of sp³-hybridized carbons (Fsp3) is 0.278. The van der Waals surface area contributed by atoms with Gasteiger partial charge in [-0.3, -0.25) is 0 Å². The third-order valence-electron chi connectivity index (χ3n) is 4.34. The van der Waals surface area contributed by atoms with Crippen molar-refractivity contribution >= 4 is 23.3 Å². The fourth-order valence-electron chi connectivity index (χ4n) is 2.67. The summed E-state index contributed by atoms with van der Waals surface area (Å²) in [6.45, 7) is 2.55. The molecule has 1 aliphatic carbocycles. The van der Waals surface area contributed by atoms with Crippen molar-refractivity contribution in [2.45, 2.75) is 25.2 Å². The molecule has 2 aromatic rings. The maximum Gasteiger partial charge on any atom is 0.319 e. The van der Waals surface area contributed by atoms with E-state index in [0.717, 1.165) is 24.1 Å². The van der Waals surface area contributed by atoms with Crippen LogP contribution in [0.15, 0.2) is 48.5 Å². The van der Waals surface area contributed by atoms with Crippen LogP contribution in [0.25, 0.3) is 0 Å². The standard InChI is InChI=1S/C18H19ClN2O/c1-13-15(19)8-5-9-16(13)21-17(22)20-12-18(10-11-18)14-6-3-2-4-7-14/h2-9H,10-12H2,1H3,(H2,20,21,22). The van der Waals surface area contributed by atoms with Crippen LogP contribution in [0.2, 0.25) is 5.02 Å². The van der Waals surface area contributed by atoms with Crippen LogP contribution >= 0.6 is 11.6 Å². The second-order valence-corrected chi connectivity index (χ2v) is 6.27. The van der Waals surface area contributed by atoms with Crippen LogP contribution in [0, 0.1) is 6.92 Å². The van der Waals surface area contributed by atoms with Gasteiger partial charge in [-0.05, 0) is 43.0 Å². The van der Waals surface area contributed by atoms with Crippen LogP contribution in [0.4, 0.5) is 10.5 Å². The largest absolute Gasteiger partial charge is 0.337 e. The summed E-state index contributed by atoms with van der Waals surface area (Å²) in [5, 5.41) is 6.51. The monoisotopic (exact) mass is 314 g/mol. The molecule has 0 bridgehead atoms. The maximum absolute atomic E-state index is 12.1. The molecule has 0 radical (unpaired) electrons. The first kappa shape index (κ1) is 14.9. The van der Waals surface area contributed by atoms with Crippen molar-refractivity contribution < 1.29 is 4.79 Å². The molecular formula is C18H19ClN2O. The summed E-state index contributed by atoms with van der Waals surface area (Å²) < 4.78 is 0. The number of carbonyl (C=O) groups excluding carboxylic acids is 1. The predicted molar refractivity (Wildman–Crippen MR) is 90.6 cm³/mol. The Hall–Kier alpha value is -2.00. The number of urea groups is 1. The Morgan fingerprint density at radius 2 is 1.86 bits per heavy atom. The van der Waals surface area contributed by atoms with Crippen LogP contribution in [-0.2, 0) is 5.41 Å². The summed E-state index contributed by atoms with van der Waals surface area (Å²) in [7, 11) is 0. The van der Waals surface area contributed by atoms with Crippen LogP contribution < -0.4 is 10.6 Å². The van der Waals surface area contributed by atoms with Crippen molar-refractivity contribution in [1.29, 1.82) is 0 Å². The molecule has 1 fully saturated rings. The number of carbonyl (C=O) groups is 1. The van der Waals surface area contributed by atoms with Crippen molar-refractivity contribution in [2.24, 2.45) is 0 Å². The Bertz CT molecular complexity index is 681. The van der Waals surface area contributed by atoms with E-state index in [1.807, 2.05) is 43.3 Å². The molecule has 3 nitrogen and oxygen atoms in total. The van der Waals surface area contributed by atoms with Gasteiger partial charge in [0.25, 0.3) is 0 Å². The predicted octanol–water partition coefficient (Wildman–Crippen LogP) is 4.50. The molecular weight excluding hydrogens is 296 g/mol. The number of amides is 2. The fourth-order valence-corrected chi connectivity index (χ4v) is 2.84. The van der Waals surface area contributed by atoms with Gasteiger partial charge in [-0.15, -0.1) is 0 Å². The minimum Gasteiger partial charge on any atom is -0.337 e. The van der Waals surface area contributed by atoms with E-state index in [1.54, 1.807) is 0 Å². The first-order valence-electron chi connectivity index (χ1n) is 7.46. The number of anilines is 1. The summed E-state index contributed by atoms with van der Waals surface area (Å²) in [5.74, 6) is 0. The maximum atomic E-state index is 12.1. The molecule has 1 saturated carbocycles. The van der Waals surface area contributed by atoms with Gasteiger partial charge in [-0.2, -0.15) is 0 Å². The zero-order chi connectivity index (χ0) is 15.6. The first-order valence-corrected chi connectivity index (χ1v) is 7.84. The Morgan fingerprint density at radius 3 is 2.55 bits per heavy atom. The molecule has 1 aliphatic rings. The van der Waals surface area contributed by atoms with Crippen LogP contribution in [0.5, 0.6) is 0 Å². The zero-order valence-corrected chi connectivity index (χ0v) is 13.3. The molecule has 2 N–H and O–H groups in total. The van der Waals surface area contributed by atoms with Gasteiger partial charge in [0.2, 0.25) is 0 Å². The Kier molecular flexibility index (Phi) is 4.08. The van der Waals surface area contributed by atoms with Crippen molar-refractivity contribution in [3.05, 3.63) is 64.7 Å². The lowest BCUT2D eigenvalue weighted by atomic mass is 9.96. The Morgan fingerprint density at radius 1 is 1.14 bits per heavy atom. The molecule has 0 heterocycles. The highest BCUT2D eigenvalue weighted by molar-refractivity contribution is 6.31. The number of nitrogens with one attached hydrogen (secondary N) is 2. The summed E-state index contributed by atoms with van der Waals surface area (Å²) in [6.07, 6.45) is 2.24. The Labute approximate surface area is 135 Å². The lowest BCUT2D eigenvalue weighted by Gasteiger charge is -2.17. The summed E-state index contributed by atoms with van der Waals surface area (Å²) >= 11 is 6.07. The van der Waals surface area contributed by atoms with Gasteiger partial charge >= 0.3 is 6.03 Å². The number of halogens is 1. The van der Waals surface area contributed by atoms with E-state index in [1.165, 1.54) is 5.56 Å². The first-order chi connectivity index (χ1) is 10.6. The van der Waals surface area contributed by atoms with Gasteiger partial charge in [-0.25, -0.2) is 4.79 Å². The minimum absolute atomic E-state index is 0.113. The molecule has 0 spiro atoms. The highest BCUT2D eigenvalue weighted by Gasteiger charge is 2.44. The van der Waals surface area contributed by atoms with Crippen molar-refractivity contribution in [3.63, 3.8) is 0 Å². The minimum atomic E-state index is -0.187. The van der Waals surface area contributed by atoms with E-state index in [-0.39, 0.29) is 11.4 Å². The smallest absolute Gasteiger partial charge is 0.319 e. The van der Waals surface area contributed by atoms with Crippen LogP contribution in [0.1, 0.15) is 24.0 Å². The van der Waals surface area contributed by atoms with Crippen molar-refractivity contribution in [3.8, 4) is 0 Å². The lowest BCUT2D eigenvalue weighted by molar-refractivity contribution is 0.251. The molecule has 0 aromatic heterocycles. The quantitative estimate of drug-likeness (QED) is 0.857. The van der Waals surface area contributed by atoms with E-state index in [9.17, 15) is 4.79 Å². The van der Waals surface area contributed by atoms with Gasteiger partial charge in [0.05, 0.1) is 0 Å². The highest BCUT2D eigenvalue weighted by Crippen LogP contribution is 2.47. The van der Waals surface area contributed by atoms with E-state index in [2.05, 4.69) is 22.8 Å². The third-order valence-corrected chi connectivity index (χ3v) is 4.75. The van der Waals surface area contributed by atoms with E-state index in [0.29, 0.717) is 11.6 Å². The second-order valence-electron chi connectivity index (χ2n) is 5.87. The normalized spacial score (nSPS) is 15.2. The molecule has 22 heavy (non-hydrogen) atoms. The zero-order valence-electron chi connectivity index (χ0n) is 12.5. The van der Waals surface area contributed by atoms with Crippen LogP contribution in [0.3, 0.4) is 0 Å². The molecule has 0 unspecified atom stereocenters. The molecule has 0 saturated heterocycles. The van der Waals surface area contributed by atoms with Gasteiger partial charge in [0, 0.05) is 22.7 Å². The number of hydrogen-bond acceptors (Lipinski definition) is 1. The van der Waals surface area contributed by atoms with E-state index >= 15 is 0 Å². The van der Waals surface area contributed by atoms with Gasteiger partial charge < -0.3 is 10.6 Å². The number of benzene rings is 2. The lowest BCUT2D eigenvalue weighted by Crippen LogP contribution is -2.35. The average Bonchev–Trinajstić information content (AvgIpc) is 3.32. The Balaban J connectivity index is 1.60. The average molecular weight is 315 g/mol. The summed E-state index contributed by atoms with van der Waals surface area (Å²) in [5.41, 5.74) is 3.04. The van der Waals surface area contributed by atoms with Gasteiger partial charge in [0.15, 0.2) is 0 Å². The molecule has 4 heteroatoms. The molecule has 3 rings (SSSR count). The van der Waals surface area contributed by atoms with E-state index < -0.39 is 0 Å².